The summed E-state index contributed by atoms with van der Waals surface area (Å²) in [6.45, 7) is 1.33. The molecule has 0 unspecified atom stereocenters. The molecule has 0 rings (SSSR count). The standard InChI is InChI=1S/C10H12F6O4.C9H18O2/c11-9(12,13)5-19-7(17)3-1-2-4-8(18)20-6-10(14,15)16;1-3-5-6-8-11-9(10)7-4-2/h1-6H2;3-8H2,1-2H3. The minimum Gasteiger partial charge on any atom is -0.466 e. The van der Waals surface area contributed by atoms with Crippen molar-refractivity contribution in [1.82, 2.24) is 0 Å². The second-order valence-electron chi connectivity index (χ2n) is 6.44. The second-order valence-corrected chi connectivity index (χ2v) is 6.44. The first-order valence-electron chi connectivity index (χ1n) is 9.91. The summed E-state index contributed by atoms with van der Waals surface area (Å²) in [5.41, 5.74) is 0. The summed E-state index contributed by atoms with van der Waals surface area (Å²) in [4.78, 5) is 32.4. The van der Waals surface area contributed by atoms with Gasteiger partial charge in [-0.1, -0.05) is 26.7 Å². The summed E-state index contributed by atoms with van der Waals surface area (Å²) in [6, 6.07) is 0. The van der Waals surface area contributed by atoms with Crippen molar-refractivity contribution in [1.29, 1.82) is 0 Å². The van der Waals surface area contributed by atoms with E-state index in [1.807, 2.05) is 6.92 Å². The van der Waals surface area contributed by atoms with E-state index in [2.05, 4.69) is 16.4 Å². The number of rotatable bonds is 13. The van der Waals surface area contributed by atoms with Crippen molar-refractivity contribution in [2.45, 2.75) is 84.0 Å². The van der Waals surface area contributed by atoms with E-state index in [4.69, 9.17) is 4.74 Å². The van der Waals surface area contributed by atoms with Gasteiger partial charge in [-0.15, -0.1) is 0 Å². The number of hydrogen-bond donors (Lipinski definition) is 0. The highest BCUT2D eigenvalue weighted by molar-refractivity contribution is 5.70. The van der Waals surface area contributed by atoms with E-state index in [-0.39, 0.29) is 31.7 Å². The average Bonchev–Trinajstić information content (AvgIpc) is 2.65. The van der Waals surface area contributed by atoms with Gasteiger partial charge < -0.3 is 14.2 Å². The van der Waals surface area contributed by atoms with Crippen LogP contribution in [0.15, 0.2) is 0 Å². The van der Waals surface area contributed by atoms with Crippen LogP contribution < -0.4 is 0 Å². The zero-order valence-electron chi connectivity index (χ0n) is 17.7. The Labute approximate surface area is 177 Å². The predicted molar refractivity (Wildman–Crippen MR) is 97.9 cm³/mol. The third-order valence-electron chi connectivity index (χ3n) is 3.27. The van der Waals surface area contributed by atoms with Crippen LogP contribution in [0, 0.1) is 0 Å². The minimum absolute atomic E-state index is 0.0117. The van der Waals surface area contributed by atoms with Gasteiger partial charge in [0, 0.05) is 19.3 Å². The Morgan fingerprint density at radius 2 is 1.00 bits per heavy atom. The molecular weight excluding hydrogens is 438 g/mol. The summed E-state index contributed by atoms with van der Waals surface area (Å²) in [5.74, 6) is -2.24. The molecule has 0 saturated carbocycles. The van der Waals surface area contributed by atoms with Crippen molar-refractivity contribution in [2.75, 3.05) is 19.8 Å². The van der Waals surface area contributed by atoms with Crippen molar-refractivity contribution in [3.8, 4) is 0 Å². The van der Waals surface area contributed by atoms with Gasteiger partial charge in [0.15, 0.2) is 13.2 Å². The lowest BCUT2D eigenvalue weighted by molar-refractivity contribution is -0.187. The van der Waals surface area contributed by atoms with Gasteiger partial charge in [-0.2, -0.15) is 26.3 Å². The second kappa shape index (κ2) is 17.6. The number of unbranched alkanes of at least 4 members (excludes halogenated alkanes) is 3. The van der Waals surface area contributed by atoms with E-state index >= 15 is 0 Å². The van der Waals surface area contributed by atoms with Crippen LogP contribution in [0.4, 0.5) is 26.3 Å². The molecule has 0 atom stereocenters. The molecule has 0 aromatic heterocycles. The Hall–Kier alpha value is -2.01. The molecular formula is C19H30F6O6. The molecule has 0 spiro atoms. The summed E-state index contributed by atoms with van der Waals surface area (Å²) >= 11 is 0. The molecule has 0 aromatic rings. The van der Waals surface area contributed by atoms with E-state index in [0.717, 1.165) is 19.3 Å². The van der Waals surface area contributed by atoms with E-state index < -0.39 is 37.5 Å². The van der Waals surface area contributed by atoms with Gasteiger partial charge in [-0.25, -0.2) is 0 Å². The molecule has 184 valence electrons. The van der Waals surface area contributed by atoms with Gasteiger partial charge in [0.25, 0.3) is 0 Å². The SMILES string of the molecule is CCCCCOC(=O)CCC.O=C(CCCCC(=O)OCC(F)(F)F)OCC(F)(F)F. The molecule has 6 nitrogen and oxygen atoms in total. The van der Waals surface area contributed by atoms with Crippen molar-refractivity contribution in [2.24, 2.45) is 0 Å². The quantitative estimate of drug-likeness (QED) is 0.158. The first kappa shape index (κ1) is 31.2. The summed E-state index contributed by atoms with van der Waals surface area (Å²) < 4.78 is 82.7. The third kappa shape index (κ3) is 28.0. The van der Waals surface area contributed by atoms with Gasteiger partial charge >= 0.3 is 30.3 Å². The Kier molecular flexibility index (Phi) is 17.7. The summed E-state index contributed by atoms with van der Waals surface area (Å²) in [7, 11) is 0. The van der Waals surface area contributed by atoms with Crippen LogP contribution >= 0.6 is 0 Å². The molecule has 0 aromatic carbocycles. The average molecular weight is 468 g/mol. The smallest absolute Gasteiger partial charge is 0.422 e. The molecule has 0 N–H and O–H groups in total. The lowest BCUT2D eigenvalue weighted by Gasteiger charge is -2.08. The van der Waals surface area contributed by atoms with Gasteiger partial charge in [0.05, 0.1) is 6.61 Å². The number of carbonyl (C=O) groups is 3. The lowest BCUT2D eigenvalue weighted by atomic mass is 10.2. The summed E-state index contributed by atoms with van der Waals surface area (Å²) in [6.07, 6.45) is -5.15. The van der Waals surface area contributed by atoms with Crippen LogP contribution in [0.2, 0.25) is 0 Å². The first-order chi connectivity index (χ1) is 14.3. The minimum atomic E-state index is -4.61. The van der Waals surface area contributed by atoms with Gasteiger partial charge in [0.1, 0.15) is 0 Å². The normalized spacial score (nSPS) is 11.2. The topological polar surface area (TPSA) is 78.9 Å². The van der Waals surface area contributed by atoms with Crippen LogP contribution in [0.1, 0.15) is 71.6 Å². The molecule has 0 aliphatic carbocycles. The maximum Gasteiger partial charge on any atom is 0.422 e. The van der Waals surface area contributed by atoms with Crippen LogP contribution in [-0.4, -0.2) is 50.1 Å². The van der Waals surface area contributed by atoms with Crippen molar-refractivity contribution in [3.63, 3.8) is 0 Å². The van der Waals surface area contributed by atoms with Gasteiger partial charge in [-0.3, -0.25) is 14.4 Å². The highest BCUT2D eigenvalue weighted by Gasteiger charge is 2.30. The van der Waals surface area contributed by atoms with Crippen molar-refractivity contribution in [3.05, 3.63) is 0 Å². The fourth-order valence-corrected chi connectivity index (χ4v) is 1.82. The van der Waals surface area contributed by atoms with Crippen molar-refractivity contribution >= 4 is 17.9 Å². The van der Waals surface area contributed by atoms with Crippen LogP contribution in [0.3, 0.4) is 0 Å². The maximum absolute atomic E-state index is 11.7. The number of ether oxygens (including phenoxy) is 3. The molecule has 0 heterocycles. The molecule has 0 bridgehead atoms. The van der Waals surface area contributed by atoms with Gasteiger partial charge in [-0.05, 0) is 25.7 Å². The summed E-state index contributed by atoms with van der Waals surface area (Å²) in [5, 5.41) is 0. The third-order valence-corrected chi connectivity index (χ3v) is 3.27. The number of hydrogen-bond acceptors (Lipinski definition) is 6. The fourth-order valence-electron chi connectivity index (χ4n) is 1.82. The molecule has 0 aliphatic heterocycles. The van der Waals surface area contributed by atoms with E-state index in [1.165, 1.54) is 6.42 Å². The maximum atomic E-state index is 11.7. The van der Waals surface area contributed by atoms with Crippen LogP contribution in [-0.2, 0) is 28.6 Å². The highest BCUT2D eigenvalue weighted by Crippen LogP contribution is 2.16. The van der Waals surface area contributed by atoms with Crippen LogP contribution in [0.5, 0.6) is 0 Å². The Balaban J connectivity index is 0. The zero-order chi connectivity index (χ0) is 24.3. The Morgan fingerprint density at radius 1 is 0.581 bits per heavy atom. The Bertz CT molecular complexity index is 473. The molecule has 12 heteroatoms. The Morgan fingerprint density at radius 3 is 1.35 bits per heavy atom. The number of halogens is 6. The van der Waals surface area contributed by atoms with Gasteiger partial charge in [0.2, 0.25) is 0 Å². The number of alkyl halides is 6. The van der Waals surface area contributed by atoms with Crippen LogP contribution in [0.25, 0.3) is 0 Å². The van der Waals surface area contributed by atoms with E-state index in [1.54, 1.807) is 0 Å². The van der Waals surface area contributed by atoms with Crippen molar-refractivity contribution < 1.29 is 54.9 Å². The molecule has 31 heavy (non-hydrogen) atoms. The highest BCUT2D eigenvalue weighted by atomic mass is 19.4. The van der Waals surface area contributed by atoms with E-state index in [9.17, 15) is 40.7 Å². The largest absolute Gasteiger partial charge is 0.466 e. The number of carbonyl (C=O) groups excluding carboxylic acids is 3. The predicted octanol–water partition coefficient (Wildman–Crippen LogP) is 5.28. The number of esters is 3. The fraction of sp³-hybridized carbons (Fsp3) is 0.842. The zero-order valence-corrected chi connectivity index (χ0v) is 17.7. The molecule has 0 amide bonds. The first-order valence-corrected chi connectivity index (χ1v) is 9.91. The van der Waals surface area contributed by atoms with E-state index in [0.29, 0.717) is 13.0 Å². The molecule has 0 radical (unpaired) electrons. The molecule has 0 saturated heterocycles. The molecule has 0 aliphatic rings. The molecule has 0 fully saturated rings. The lowest BCUT2D eigenvalue weighted by Crippen LogP contribution is -2.20. The monoisotopic (exact) mass is 468 g/mol.